The van der Waals surface area contributed by atoms with Crippen molar-refractivity contribution in [2.24, 2.45) is 17.1 Å². The van der Waals surface area contributed by atoms with Gasteiger partial charge in [0.15, 0.2) is 0 Å². The lowest BCUT2D eigenvalue weighted by molar-refractivity contribution is -0.520. The second-order valence-corrected chi connectivity index (χ2v) is 6.18. The first-order valence-corrected chi connectivity index (χ1v) is 6.44. The average Bonchev–Trinajstić information content (AvgIpc) is 2.27. The average molecular weight is 236 g/mol. The normalized spacial score (nSPS) is 46.5. The molecule has 17 heavy (non-hydrogen) atoms. The van der Waals surface area contributed by atoms with E-state index >= 15 is 0 Å². The number of nitrogens with two attached hydrogens (primary N) is 1. The van der Waals surface area contributed by atoms with Gasteiger partial charge in [0.2, 0.25) is 0 Å². The summed E-state index contributed by atoms with van der Waals surface area (Å²) in [4.78, 5) is 11.7. The van der Waals surface area contributed by atoms with Gasteiger partial charge in [0.25, 0.3) is 0 Å². The summed E-state index contributed by atoms with van der Waals surface area (Å²) in [6.45, 7) is 7.93. The van der Waals surface area contributed by atoms with Crippen LogP contribution in [0.4, 0.5) is 0 Å². The minimum atomic E-state index is -1.29. The summed E-state index contributed by atoms with van der Waals surface area (Å²) in [5.41, 5.74) is 5.37. The summed E-state index contributed by atoms with van der Waals surface area (Å²) >= 11 is 0. The van der Waals surface area contributed by atoms with Crippen LogP contribution in [0, 0.1) is 11.3 Å². The van der Waals surface area contributed by atoms with Crippen molar-refractivity contribution >= 4 is 5.78 Å². The third kappa shape index (κ3) is 1.76. The molecule has 2 fully saturated rings. The number of rotatable bonds is 1. The van der Waals surface area contributed by atoms with Crippen LogP contribution in [0.2, 0.25) is 0 Å². The predicted molar refractivity (Wildman–Crippen MR) is 65.2 cm³/mol. The fraction of sp³-hybridized carbons (Fsp3) is 0.786. The summed E-state index contributed by atoms with van der Waals surface area (Å²) in [5, 5.41) is 13.1. The first-order chi connectivity index (χ1) is 7.80. The van der Waals surface area contributed by atoms with Crippen LogP contribution in [0.1, 0.15) is 46.0 Å². The molecule has 3 heteroatoms. The summed E-state index contributed by atoms with van der Waals surface area (Å²) in [5.74, 6) is 0.178. The van der Waals surface area contributed by atoms with Gasteiger partial charge < -0.3 is 10.8 Å². The molecule has 0 aromatic heterocycles. The third-order valence-electron chi connectivity index (χ3n) is 5.09. The summed E-state index contributed by atoms with van der Waals surface area (Å²) in [6.07, 6.45) is 3.53. The van der Waals surface area contributed by atoms with E-state index < -0.39 is 11.6 Å². The lowest BCUT2D eigenvalue weighted by Crippen LogP contribution is -2.73. The van der Waals surface area contributed by atoms with Crippen LogP contribution in [0.3, 0.4) is 0 Å². The Morgan fingerprint density at radius 3 is 2.76 bits per heavy atom. The van der Waals surface area contributed by atoms with Crippen molar-refractivity contribution in [3.8, 4) is 0 Å². The molecule has 96 valence electrons. The van der Waals surface area contributed by atoms with E-state index in [1.165, 1.54) is 0 Å². The second-order valence-electron chi connectivity index (χ2n) is 6.18. The molecule has 2 aliphatic rings. The van der Waals surface area contributed by atoms with Crippen molar-refractivity contribution in [3.05, 3.63) is 12.2 Å². The van der Waals surface area contributed by atoms with E-state index in [1.54, 1.807) is 0 Å². The lowest BCUT2D eigenvalue weighted by atomic mass is 9.53. The number of hydrogen-bond acceptors (Lipinski definition) is 3. The van der Waals surface area contributed by atoms with Gasteiger partial charge in [-0.2, -0.15) is 0 Å². The number of Topliss-reactive ketones (excluding diaryl/α,β-unsaturated/α-hetero) is 1. The predicted octanol–water partition coefficient (Wildman–Crippen LogP) is 1.16. The number of carbonyl (C=O) groups is 1. The number of ketones is 1. The Labute approximate surface area is 103 Å². The topological polar surface area (TPSA) is 66.2 Å². The molecule has 2 rings (SSSR count). The van der Waals surface area contributed by atoms with Gasteiger partial charge in [-0.25, -0.2) is 0 Å². The van der Waals surface area contributed by atoms with E-state index in [2.05, 4.69) is 6.58 Å². The van der Waals surface area contributed by atoms with Gasteiger partial charge in [-0.1, -0.05) is 31.1 Å². The molecule has 0 spiro atoms. The fourth-order valence-electron chi connectivity index (χ4n) is 3.49. The van der Waals surface area contributed by atoms with Crippen LogP contribution in [0.15, 0.2) is 12.2 Å². The molecule has 0 radical (unpaired) electrons. The lowest BCUT2D eigenvalue weighted by Gasteiger charge is -2.64. The molecule has 3 nitrogen and oxygen atoms in total. The highest BCUT2D eigenvalue weighted by atomic mass is 16.3. The van der Waals surface area contributed by atoms with Gasteiger partial charge in [-0.15, -0.1) is 0 Å². The molecule has 0 bridgehead atoms. The molecular weight excluding hydrogens is 214 g/mol. The van der Waals surface area contributed by atoms with Crippen LogP contribution < -0.4 is 10.8 Å². The van der Waals surface area contributed by atoms with Crippen molar-refractivity contribution in [3.63, 3.8) is 0 Å². The number of allylic oxidation sites excluding steroid dienone is 1. The van der Waals surface area contributed by atoms with E-state index in [1.807, 2.05) is 13.8 Å². The minimum absolute atomic E-state index is 0.0557. The standard InChI is InChI=1S/C14H22NO2/c1-9(2)10-4-6-13(3)7-5-11(16)12(15)14(13,17)8-10/h10,12H,1,4-8,15H2,2-3H3/q-1/t10-,12+,13-,14-/m1/s1. The van der Waals surface area contributed by atoms with Gasteiger partial charge in [-0.05, 0) is 37.5 Å². The Balaban J connectivity index is 2.32. The quantitative estimate of drug-likeness (QED) is 0.695. The maximum absolute atomic E-state index is 13.1. The molecule has 0 aromatic rings. The van der Waals surface area contributed by atoms with Gasteiger partial charge >= 0.3 is 0 Å². The Morgan fingerprint density at radius 1 is 1.53 bits per heavy atom. The maximum Gasteiger partial charge on any atom is 0.148 e. The molecule has 0 saturated heterocycles. The first-order valence-electron chi connectivity index (χ1n) is 6.44. The van der Waals surface area contributed by atoms with E-state index in [0.717, 1.165) is 18.4 Å². The highest BCUT2D eigenvalue weighted by molar-refractivity contribution is 5.86. The van der Waals surface area contributed by atoms with Gasteiger partial charge in [0.05, 0.1) is 6.04 Å². The SMILES string of the molecule is C=C(C)[C@@H]1CC[C@]2(C)CCC(=O)[C@H](N)[C@]2([O-])C1. The zero-order valence-corrected chi connectivity index (χ0v) is 10.8. The molecule has 4 atom stereocenters. The van der Waals surface area contributed by atoms with E-state index in [9.17, 15) is 9.90 Å². The zero-order chi connectivity index (χ0) is 12.8. The largest absolute Gasteiger partial charge is 0.848 e. The number of hydrogen-bond donors (Lipinski definition) is 1. The summed E-state index contributed by atoms with van der Waals surface area (Å²) in [6, 6.07) is -0.830. The van der Waals surface area contributed by atoms with Crippen molar-refractivity contribution in [1.29, 1.82) is 0 Å². The van der Waals surface area contributed by atoms with E-state index in [4.69, 9.17) is 5.73 Å². The molecule has 0 aromatic carbocycles. The van der Waals surface area contributed by atoms with Crippen LogP contribution in [0.25, 0.3) is 0 Å². The van der Waals surface area contributed by atoms with Crippen molar-refractivity contribution in [2.45, 2.75) is 57.6 Å². The second kappa shape index (κ2) is 3.92. The summed E-state index contributed by atoms with van der Waals surface area (Å²) in [7, 11) is 0. The van der Waals surface area contributed by atoms with E-state index in [-0.39, 0.29) is 17.1 Å². The number of carbonyl (C=O) groups excluding carboxylic acids is 1. The zero-order valence-electron chi connectivity index (χ0n) is 10.8. The Hall–Kier alpha value is -0.670. The highest BCUT2D eigenvalue weighted by Crippen LogP contribution is 2.52. The van der Waals surface area contributed by atoms with Crippen LogP contribution in [-0.2, 0) is 4.79 Å². The first kappa shape index (κ1) is 12.8. The van der Waals surface area contributed by atoms with Crippen LogP contribution in [0.5, 0.6) is 0 Å². The highest BCUT2D eigenvalue weighted by Gasteiger charge is 2.51. The monoisotopic (exact) mass is 236 g/mol. The minimum Gasteiger partial charge on any atom is -0.848 e. The summed E-state index contributed by atoms with van der Waals surface area (Å²) < 4.78 is 0. The molecule has 2 aliphatic carbocycles. The van der Waals surface area contributed by atoms with Gasteiger partial charge in [0.1, 0.15) is 5.78 Å². The molecular formula is C14H22NO2-. The van der Waals surface area contributed by atoms with Crippen molar-refractivity contribution in [1.82, 2.24) is 0 Å². The smallest absolute Gasteiger partial charge is 0.148 e. The Kier molecular flexibility index (Phi) is 2.95. The Morgan fingerprint density at radius 2 is 2.18 bits per heavy atom. The number of fused-ring (bicyclic) bond motifs is 1. The van der Waals surface area contributed by atoms with Crippen molar-refractivity contribution in [2.75, 3.05) is 0 Å². The third-order valence-corrected chi connectivity index (χ3v) is 5.09. The Bertz CT molecular complexity index is 365. The van der Waals surface area contributed by atoms with Crippen LogP contribution in [-0.4, -0.2) is 17.4 Å². The molecule has 0 unspecified atom stereocenters. The van der Waals surface area contributed by atoms with Crippen LogP contribution >= 0.6 is 0 Å². The fourth-order valence-corrected chi connectivity index (χ4v) is 3.49. The molecule has 0 aliphatic heterocycles. The van der Waals surface area contributed by atoms with Gasteiger partial charge in [-0.3, -0.25) is 4.79 Å². The van der Waals surface area contributed by atoms with E-state index in [0.29, 0.717) is 19.3 Å². The van der Waals surface area contributed by atoms with Crippen molar-refractivity contribution < 1.29 is 9.90 Å². The molecule has 2 N–H and O–H groups in total. The molecule has 0 heterocycles. The maximum atomic E-state index is 13.1. The molecule has 0 amide bonds. The molecule has 2 saturated carbocycles. The van der Waals surface area contributed by atoms with Gasteiger partial charge in [0, 0.05) is 6.42 Å².